The minimum Gasteiger partial charge on any atom is -0.493 e. The standard InChI is InChI=1S/C27H35NO2/c1-7-18(5)23-13-21(14-24(19(6)8-2)27(23)30-10-4)25-15-22-12-11-20(9-3)16-28(22)26(25)17-29/h11-19H,7-10H2,1-6H3. The van der Waals surface area contributed by atoms with Crippen LogP contribution in [0.5, 0.6) is 5.75 Å². The van der Waals surface area contributed by atoms with Crippen LogP contribution in [0.1, 0.15) is 93.4 Å². The Hall–Kier alpha value is -2.55. The highest BCUT2D eigenvalue weighted by Gasteiger charge is 2.22. The first-order valence-corrected chi connectivity index (χ1v) is 11.4. The van der Waals surface area contributed by atoms with Crippen molar-refractivity contribution >= 4 is 11.8 Å². The van der Waals surface area contributed by atoms with Gasteiger partial charge in [0.25, 0.3) is 0 Å². The van der Waals surface area contributed by atoms with Crippen LogP contribution >= 0.6 is 0 Å². The highest BCUT2D eigenvalue weighted by atomic mass is 16.5. The topological polar surface area (TPSA) is 30.7 Å². The predicted molar refractivity (Wildman–Crippen MR) is 126 cm³/mol. The molecule has 0 saturated carbocycles. The molecule has 160 valence electrons. The molecule has 1 aromatic carbocycles. The van der Waals surface area contributed by atoms with Crippen LogP contribution in [-0.4, -0.2) is 17.3 Å². The van der Waals surface area contributed by atoms with E-state index in [0.29, 0.717) is 18.4 Å². The Balaban J connectivity index is 2.31. The van der Waals surface area contributed by atoms with Crippen molar-refractivity contribution in [2.24, 2.45) is 0 Å². The van der Waals surface area contributed by atoms with Crippen molar-refractivity contribution < 1.29 is 9.53 Å². The number of carbonyl (C=O) groups is 1. The first-order chi connectivity index (χ1) is 14.5. The van der Waals surface area contributed by atoms with Crippen LogP contribution in [0.25, 0.3) is 16.6 Å². The Morgan fingerprint density at radius 3 is 2.10 bits per heavy atom. The molecule has 0 aliphatic carbocycles. The van der Waals surface area contributed by atoms with Gasteiger partial charge in [0, 0.05) is 17.3 Å². The molecule has 2 atom stereocenters. The molecule has 3 rings (SSSR count). The van der Waals surface area contributed by atoms with Crippen LogP contribution in [0.4, 0.5) is 0 Å². The molecule has 30 heavy (non-hydrogen) atoms. The highest BCUT2D eigenvalue weighted by Crippen LogP contribution is 2.41. The van der Waals surface area contributed by atoms with Gasteiger partial charge < -0.3 is 9.14 Å². The molecular formula is C27H35NO2. The lowest BCUT2D eigenvalue weighted by Crippen LogP contribution is -2.06. The molecule has 0 aliphatic rings. The van der Waals surface area contributed by atoms with Gasteiger partial charge in [0.05, 0.1) is 12.3 Å². The van der Waals surface area contributed by atoms with Crippen molar-refractivity contribution in [1.29, 1.82) is 0 Å². The lowest BCUT2D eigenvalue weighted by Gasteiger charge is -2.23. The van der Waals surface area contributed by atoms with Crippen molar-refractivity contribution in [3.8, 4) is 16.9 Å². The van der Waals surface area contributed by atoms with Gasteiger partial charge in [0.1, 0.15) is 5.75 Å². The maximum Gasteiger partial charge on any atom is 0.167 e. The van der Waals surface area contributed by atoms with Crippen molar-refractivity contribution in [1.82, 2.24) is 4.40 Å². The number of hydrogen-bond acceptors (Lipinski definition) is 2. The average Bonchev–Trinajstić information content (AvgIpc) is 3.15. The van der Waals surface area contributed by atoms with Gasteiger partial charge in [-0.2, -0.15) is 0 Å². The molecule has 0 fully saturated rings. The number of carbonyl (C=O) groups excluding carboxylic acids is 1. The van der Waals surface area contributed by atoms with Gasteiger partial charge in [0.2, 0.25) is 0 Å². The minimum absolute atomic E-state index is 0.387. The summed E-state index contributed by atoms with van der Waals surface area (Å²) in [4.78, 5) is 12.1. The fourth-order valence-electron chi connectivity index (χ4n) is 4.11. The van der Waals surface area contributed by atoms with E-state index in [0.717, 1.165) is 53.6 Å². The lowest BCUT2D eigenvalue weighted by atomic mass is 9.86. The number of hydrogen-bond donors (Lipinski definition) is 0. The predicted octanol–water partition coefficient (Wildman–Crippen LogP) is 7.41. The molecule has 0 radical (unpaired) electrons. The summed E-state index contributed by atoms with van der Waals surface area (Å²) in [5.74, 6) is 1.81. The SMILES string of the molecule is CCOc1c(C(C)CC)cc(-c2cc3ccc(CC)cn3c2C=O)cc1C(C)CC. The fraction of sp³-hybridized carbons (Fsp3) is 0.444. The van der Waals surface area contributed by atoms with Crippen molar-refractivity contribution in [2.75, 3.05) is 6.61 Å². The molecular weight excluding hydrogens is 370 g/mol. The second kappa shape index (κ2) is 9.51. The Bertz CT molecular complexity index is 1000. The normalized spacial score (nSPS) is 13.4. The van der Waals surface area contributed by atoms with Gasteiger partial charge in [-0.15, -0.1) is 0 Å². The summed E-state index contributed by atoms with van der Waals surface area (Å²) in [5.41, 5.74) is 7.58. The summed E-state index contributed by atoms with van der Waals surface area (Å²) in [7, 11) is 0. The van der Waals surface area contributed by atoms with Crippen molar-refractivity contribution in [3.63, 3.8) is 0 Å². The van der Waals surface area contributed by atoms with E-state index in [1.807, 2.05) is 11.3 Å². The summed E-state index contributed by atoms with van der Waals surface area (Å²) in [5, 5.41) is 0. The summed E-state index contributed by atoms with van der Waals surface area (Å²) >= 11 is 0. The van der Waals surface area contributed by atoms with E-state index in [1.165, 1.54) is 16.7 Å². The maximum atomic E-state index is 12.1. The number of aromatic nitrogens is 1. The number of nitrogens with zero attached hydrogens (tertiary/aromatic N) is 1. The van der Waals surface area contributed by atoms with Crippen LogP contribution in [0, 0.1) is 0 Å². The second-order valence-corrected chi connectivity index (χ2v) is 8.28. The first-order valence-electron chi connectivity index (χ1n) is 11.4. The van der Waals surface area contributed by atoms with E-state index in [-0.39, 0.29) is 0 Å². The van der Waals surface area contributed by atoms with Gasteiger partial charge in [0.15, 0.2) is 6.29 Å². The van der Waals surface area contributed by atoms with E-state index in [9.17, 15) is 4.79 Å². The van der Waals surface area contributed by atoms with E-state index >= 15 is 0 Å². The van der Waals surface area contributed by atoms with Crippen molar-refractivity contribution in [2.45, 2.75) is 72.6 Å². The first kappa shape index (κ1) is 22.1. The number of pyridine rings is 1. The maximum absolute atomic E-state index is 12.1. The van der Waals surface area contributed by atoms with Gasteiger partial charge in [-0.05, 0) is 84.5 Å². The van der Waals surface area contributed by atoms with E-state index in [2.05, 4.69) is 71.1 Å². The van der Waals surface area contributed by atoms with Crippen LogP contribution in [0.15, 0.2) is 36.5 Å². The zero-order valence-corrected chi connectivity index (χ0v) is 19.3. The van der Waals surface area contributed by atoms with E-state index < -0.39 is 0 Å². The summed E-state index contributed by atoms with van der Waals surface area (Å²) in [6.45, 7) is 13.8. The van der Waals surface area contributed by atoms with Gasteiger partial charge >= 0.3 is 0 Å². The number of aldehydes is 1. The monoisotopic (exact) mass is 405 g/mol. The number of rotatable bonds is 9. The van der Waals surface area contributed by atoms with Crippen LogP contribution in [0.2, 0.25) is 0 Å². The minimum atomic E-state index is 0.387. The van der Waals surface area contributed by atoms with E-state index in [4.69, 9.17) is 4.74 Å². The van der Waals surface area contributed by atoms with Gasteiger partial charge in [-0.3, -0.25) is 4.79 Å². The molecule has 0 saturated heterocycles. The third kappa shape index (κ3) is 4.03. The molecule has 2 heterocycles. The van der Waals surface area contributed by atoms with Crippen LogP contribution in [0.3, 0.4) is 0 Å². The molecule has 3 aromatic rings. The Labute approximate surface area is 181 Å². The summed E-state index contributed by atoms with van der Waals surface area (Å²) < 4.78 is 8.21. The molecule has 2 unspecified atom stereocenters. The van der Waals surface area contributed by atoms with Gasteiger partial charge in [-0.25, -0.2) is 0 Å². The van der Waals surface area contributed by atoms with Crippen molar-refractivity contribution in [3.05, 3.63) is 58.9 Å². The summed E-state index contributed by atoms with van der Waals surface area (Å²) in [6, 6.07) is 10.9. The Morgan fingerprint density at radius 1 is 0.967 bits per heavy atom. The fourth-order valence-corrected chi connectivity index (χ4v) is 4.11. The van der Waals surface area contributed by atoms with Crippen LogP contribution < -0.4 is 4.74 Å². The average molecular weight is 406 g/mol. The zero-order chi connectivity index (χ0) is 21.8. The Morgan fingerprint density at radius 2 is 1.60 bits per heavy atom. The molecule has 0 N–H and O–H groups in total. The third-order valence-corrected chi connectivity index (χ3v) is 6.42. The molecule has 3 heteroatoms. The molecule has 0 aliphatic heterocycles. The van der Waals surface area contributed by atoms with E-state index in [1.54, 1.807) is 0 Å². The molecule has 0 bridgehead atoms. The van der Waals surface area contributed by atoms with Gasteiger partial charge in [-0.1, -0.05) is 40.7 Å². The smallest absolute Gasteiger partial charge is 0.167 e. The molecule has 0 spiro atoms. The highest BCUT2D eigenvalue weighted by molar-refractivity contribution is 5.90. The lowest BCUT2D eigenvalue weighted by molar-refractivity contribution is 0.111. The second-order valence-electron chi connectivity index (χ2n) is 8.28. The summed E-state index contributed by atoms with van der Waals surface area (Å²) in [6.07, 6.45) is 6.11. The third-order valence-electron chi connectivity index (χ3n) is 6.42. The Kier molecular flexibility index (Phi) is 7.02. The van der Waals surface area contributed by atoms with Crippen LogP contribution in [-0.2, 0) is 6.42 Å². The quantitative estimate of drug-likeness (QED) is 0.347. The number of benzene rings is 1. The molecule has 2 aromatic heterocycles. The number of ether oxygens (including phenoxy) is 1. The molecule has 0 amide bonds. The number of fused-ring (bicyclic) bond motifs is 1. The largest absolute Gasteiger partial charge is 0.493 e. The number of aryl methyl sites for hydroxylation is 1. The zero-order valence-electron chi connectivity index (χ0n) is 19.3. The molecule has 3 nitrogen and oxygen atoms in total.